The molecule has 140 valence electrons. The van der Waals surface area contributed by atoms with Crippen molar-refractivity contribution in [2.24, 2.45) is 23.7 Å². The van der Waals surface area contributed by atoms with E-state index in [1.54, 1.807) is 5.57 Å². The molecule has 0 radical (unpaired) electrons. The molecule has 0 aromatic rings. The Labute approximate surface area is 147 Å². The second kappa shape index (κ2) is 9.89. The van der Waals surface area contributed by atoms with Gasteiger partial charge in [-0.1, -0.05) is 51.7 Å². The van der Waals surface area contributed by atoms with Gasteiger partial charge in [0.1, 0.15) is 0 Å². The molecule has 2 aliphatic rings. The molecule has 0 amide bonds. The van der Waals surface area contributed by atoms with Crippen LogP contribution in [0.15, 0.2) is 11.6 Å². The van der Waals surface area contributed by atoms with Gasteiger partial charge in [-0.05, 0) is 68.6 Å². The van der Waals surface area contributed by atoms with Gasteiger partial charge in [0.15, 0.2) is 0 Å². The van der Waals surface area contributed by atoms with Crippen molar-refractivity contribution in [1.82, 2.24) is 0 Å². The Morgan fingerprint density at radius 1 is 1.08 bits per heavy atom. The molecule has 1 fully saturated rings. The molecule has 2 aliphatic carbocycles. The normalized spacial score (nSPS) is 30.9. The summed E-state index contributed by atoms with van der Waals surface area (Å²) in [5, 5.41) is 0. The van der Waals surface area contributed by atoms with Crippen LogP contribution < -0.4 is 0 Å². The fourth-order valence-corrected chi connectivity index (χ4v) is 4.46. The van der Waals surface area contributed by atoms with Crippen molar-refractivity contribution in [3.63, 3.8) is 0 Å². The average Bonchev–Trinajstić information content (AvgIpc) is 2.59. The maximum Gasteiger partial charge on any atom is 0.345 e. The maximum absolute atomic E-state index is 12.3. The lowest BCUT2D eigenvalue weighted by Gasteiger charge is -2.34. The number of ether oxygens (including phenoxy) is 1. The van der Waals surface area contributed by atoms with Gasteiger partial charge in [0.2, 0.25) is 0 Å². The Hall–Kier alpha value is -0.440. The predicted molar refractivity (Wildman–Crippen MR) is 96.1 cm³/mol. The third kappa shape index (κ3) is 6.13. The molecule has 0 aromatic carbocycles. The number of alkyl halides is 2. The number of allylic oxidation sites excluding steroid dienone is 2. The summed E-state index contributed by atoms with van der Waals surface area (Å²) in [4.78, 5) is 0. The van der Waals surface area contributed by atoms with Gasteiger partial charge in [0, 0.05) is 0 Å². The van der Waals surface area contributed by atoms with E-state index in [-0.39, 0.29) is 6.10 Å². The number of halogens is 2. The predicted octanol–water partition coefficient (Wildman–Crippen LogP) is 6.97. The van der Waals surface area contributed by atoms with E-state index >= 15 is 0 Å². The van der Waals surface area contributed by atoms with Crippen LogP contribution in [0, 0.1) is 23.7 Å². The van der Waals surface area contributed by atoms with Crippen molar-refractivity contribution < 1.29 is 13.5 Å². The Balaban J connectivity index is 1.73. The van der Waals surface area contributed by atoms with Gasteiger partial charge in [0.25, 0.3) is 0 Å². The summed E-state index contributed by atoms with van der Waals surface area (Å²) in [6.07, 6.45) is 13.7. The second-order valence-corrected chi connectivity index (χ2v) is 8.25. The summed E-state index contributed by atoms with van der Waals surface area (Å²) in [6.45, 7) is 4.46. The minimum absolute atomic E-state index is 0.223. The highest BCUT2D eigenvalue weighted by atomic mass is 19.3. The van der Waals surface area contributed by atoms with Gasteiger partial charge in [-0.3, -0.25) is 0 Å². The van der Waals surface area contributed by atoms with Crippen LogP contribution in [0.3, 0.4) is 0 Å². The first-order valence-corrected chi connectivity index (χ1v) is 10.1. The summed E-state index contributed by atoms with van der Waals surface area (Å²) in [7, 11) is 0. The zero-order chi connectivity index (χ0) is 17.5. The SMILES string of the molecule is CCC(C)CCC(C)C1CC=C(C2CCC(OC(F)F)CC2)CC1. The van der Waals surface area contributed by atoms with Crippen LogP contribution in [0.2, 0.25) is 0 Å². The third-order valence-corrected chi connectivity index (χ3v) is 6.60. The zero-order valence-electron chi connectivity index (χ0n) is 15.8. The Morgan fingerprint density at radius 2 is 1.79 bits per heavy atom. The molecule has 0 aromatic heterocycles. The highest BCUT2D eigenvalue weighted by molar-refractivity contribution is 5.12. The second-order valence-electron chi connectivity index (χ2n) is 8.25. The largest absolute Gasteiger partial charge is 0.345 e. The molecule has 0 spiro atoms. The van der Waals surface area contributed by atoms with Crippen molar-refractivity contribution in [1.29, 1.82) is 0 Å². The van der Waals surface area contributed by atoms with Crippen LogP contribution >= 0.6 is 0 Å². The third-order valence-electron chi connectivity index (χ3n) is 6.60. The molecule has 3 unspecified atom stereocenters. The van der Waals surface area contributed by atoms with Gasteiger partial charge < -0.3 is 4.74 Å². The van der Waals surface area contributed by atoms with Crippen molar-refractivity contribution in [3.8, 4) is 0 Å². The Kier molecular flexibility index (Phi) is 8.19. The monoisotopic (exact) mass is 342 g/mol. The Morgan fingerprint density at radius 3 is 2.33 bits per heavy atom. The zero-order valence-corrected chi connectivity index (χ0v) is 15.8. The minimum Gasteiger partial charge on any atom is -0.320 e. The topological polar surface area (TPSA) is 9.23 Å². The molecule has 1 nitrogen and oxygen atoms in total. The molecule has 1 saturated carbocycles. The van der Waals surface area contributed by atoms with E-state index in [1.807, 2.05) is 0 Å². The molecule has 0 bridgehead atoms. The Bertz CT molecular complexity index is 385. The van der Waals surface area contributed by atoms with Gasteiger partial charge in [-0.15, -0.1) is 0 Å². The molecule has 0 heterocycles. The first-order chi connectivity index (χ1) is 11.5. The van der Waals surface area contributed by atoms with Gasteiger partial charge in [-0.2, -0.15) is 8.78 Å². The summed E-state index contributed by atoms with van der Waals surface area (Å²) in [5.41, 5.74) is 1.61. The molecular formula is C21H36F2O. The molecule has 0 aliphatic heterocycles. The highest BCUT2D eigenvalue weighted by Crippen LogP contribution is 2.39. The smallest absolute Gasteiger partial charge is 0.320 e. The fourth-order valence-electron chi connectivity index (χ4n) is 4.46. The molecule has 2 rings (SSSR count). The van der Waals surface area contributed by atoms with Crippen molar-refractivity contribution in [3.05, 3.63) is 11.6 Å². The molecular weight excluding hydrogens is 306 g/mol. The van der Waals surface area contributed by atoms with Crippen molar-refractivity contribution >= 4 is 0 Å². The highest BCUT2D eigenvalue weighted by Gasteiger charge is 2.28. The standard InChI is InChI=1S/C21H36F2O/c1-4-15(2)5-6-16(3)17-7-9-18(10-8-17)19-11-13-20(14-12-19)24-21(22)23/h9,15-17,19-21H,4-8,10-14H2,1-3H3. The molecule has 0 N–H and O–H groups in total. The minimum atomic E-state index is -2.61. The number of rotatable bonds is 8. The van der Waals surface area contributed by atoms with Crippen LogP contribution in [0.4, 0.5) is 8.78 Å². The number of hydrogen-bond acceptors (Lipinski definition) is 1. The van der Waals surface area contributed by atoms with Crippen molar-refractivity contribution in [2.75, 3.05) is 0 Å². The lowest BCUT2D eigenvalue weighted by Crippen LogP contribution is -2.25. The van der Waals surface area contributed by atoms with E-state index < -0.39 is 6.61 Å². The van der Waals surface area contributed by atoms with E-state index in [1.165, 1.54) is 38.5 Å². The van der Waals surface area contributed by atoms with Gasteiger partial charge in [-0.25, -0.2) is 0 Å². The van der Waals surface area contributed by atoms with E-state index in [4.69, 9.17) is 0 Å². The van der Waals surface area contributed by atoms with E-state index in [0.29, 0.717) is 5.92 Å². The summed E-state index contributed by atoms with van der Waals surface area (Å²) < 4.78 is 29.3. The van der Waals surface area contributed by atoms with E-state index in [9.17, 15) is 8.78 Å². The average molecular weight is 343 g/mol. The van der Waals surface area contributed by atoms with Crippen LogP contribution in [0.5, 0.6) is 0 Å². The van der Waals surface area contributed by atoms with Crippen LogP contribution in [-0.4, -0.2) is 12.7 Å². The fraction of sp³-hybridized carbons (Fsp3) is 0.905. The molecule has 3 atom stereocenters. The van der Waals surface area contributed by atoms with Crippen molar-refractivity contribution in [2.45, 2.75) is 97.7 Å². The quantitative estimate of drug-likeness (QED) is 0.433. The van der Waals surface area contributed by atoms with Gasteiger partial charge in [0.05, 0.1) is 6.10 Å². The van der Waals surface area contributed by atoms with Crippen LogP contribution in [0.1, 0.15) is 85.0 Å². The lowest BCUT2D eigenvalue weighted by molar-refractivity contribution is -0.170. The van der Waals surface area contributed by atoms with Crippen LogP contribution in [-0.2, 0) is 4.74 Å². The molecule has 24 heavy (non-hydrogen) atoms. The summed E-state index contributed by atoms with van der Waals surface area (Å²) >= 11 is 0. The summed E-state index contributed by atoms with van der Waals surface area (Å²) in [6, 6.07) is 0. The molecule has 3 heteroatoms. The van der Waals surface area contributed by atoms with Crippen LogP contribution in [0.25, 0.3) is 0 Å². The van der Waals surface area contributed by atoms with E-state index in [0.717, 1.165) is 43.4 Å². The summed E-state index contributed by atoms with van der Waals surface area (Å²) in [5.74, 6) is 3.15. The molecule has 0 saturated heterocycles. The van der Waals surface area contributed by atoms with Gasteiger partial charge >= 0.3 is 6.61 Å². The first-order valence-electron chi connectivity index (χ1n) is 10.1. The lowest BCUT2D eigenvalue weighted by atomic mass is 9.73. The van der Waals surface area contributed by atoms with E-state index in [2.05, 4.69) is 31.6 Å². The first kappa shape index (κ1) is 19.9. The number of hydrogen-bond donors (Lipinski definition) is 0. The maximum atomic E-state index is 12.3.